The minimum atomic E-state index is 0.0374. The number of benzene rings is 1. The zero-order chi connectivity index (χ0) is 18.1. The van der Waals surface area contributed by atoms with Crippen molar-refractivity contribution in [2.75, 3.05) is 27.8 Å². The summed E-state index contributed by atoms with van der Waals surface area (Å²) in [5.41, 5.74) is 1.78. The van der Waals surface area contributed by atoms with Gasteiger partial charge in [-0.2, -0.15) is 0 Å². The van der Waals surface area contributed by atoms with E-state index in [2.05, 4.69) is 15.6 Å². The highest BCUT2D eigenvalue weighted by Gasteiger charge is 2.14. The van der Waals surface area contributed by atoms with Crippen molar-refractivity contribution in [1.29, 1.82) is 0 Å². The number of aliphatic imine (C=N–C) groups is 1. The first kappa shape index (κ1) is 20.0. The van der Waals surface area contributed by atoms with Crippen molar-refractivity contribution in [3.8, 4) is 0 Å². The molecule has 0 heterocycles. The van der Waals surface area contributed by atoms with Gasteiger partial charge in [0.2, 0.25) is 0 Å². The number of carbonyl (C=O) groups excluding carboxylic acids is 1. The third-order valence-electron chi connectivity index (χ3n) is 3.78. The molecule has 0 aliphatic carbocycles. The van der Waals surface area contributed by atoms with E-state index in [0.717, 1.165) is 11.5 Å². The van der Waals surface area contributed by atoms with Crippen molar-refractivity contribution in [3.05, 3.63) is 35.4 Å². The molecule has 6 nitrogen and oxygen atoms in total. The third kappa shape index (κ3) is 6.20. The van der Waals surface area contributed by atoms with Crippen LogP contribution in [-0.4, -0.2) is 56.7 Å². The molecule has 0 saturated heterocycles. The van der Waals surface area contributed by atoms with Crippen LogP contribution in [0.15, 0.2) is 29.3 Å². The topological polar surface area (TPSA) is 66.0 Å². The Morgan fingerprint density at radius 3 is 2.38 bits per heavy atom. The lowest BCUT2D eigenvalue weighted by molar-refractivity contribution is 0.0755. The summed E-state index contributed by atoms with van der Waals surface area (Å²) in [6.45, 7) is 7.27. The highest BCUT2D eigenvalue weighted by Crippen LogP contribution is 2.09. The smallest absolute Gasteiger partial charge is 0.253 e. The maximum atomic E-state index is 12.3. The molecule has 0 radical (unpaired) electrons. The van der Waals surface area contributed by atoms with Crippen molar-refractivity contribution < 1.29 is 9.53 Å². The van der Waals surface area contributed by atoms with Crippen LogP contribution >= 0.6 is 0 Å². The van der Waals surface area contributed by atoms with Gasteiger partial charge in [0.05, 0.1) is 6.61 Å². The molecule has 0 aliphatic rings. The van der Waals surface area contributed by atoms with Crippen LogP contribution in [0.3, 0.4) is 0 Å². The molecule has 0 bridgehead atoms. The zero-order valence-electron chi connectivity index (χ0n) is 15.6. The average Bonchev–Trinajstić information content (AvgIpc) is 2.57. The van der Waals surface area contributed by atoms with Gasteiger partial charge in [-0.25, -0.2) is 0 Å². The first-order valence-electron chi connectivity index (χ1n) is 8.21. The molecule has 1 aromatic rings. The van der Waals surface area contributed by atoms with Crippen molar-refractivity contribution in [1.82, 2.24) is 15.5 Å². The molecule has 1 rings (SSSR count). The van der Waals surface area contributed by atoms with Crippen LogP contribution in [0.4, 0.5) is 0 Å². The number of rotatable bonds is 7. The van der Waals surface area contributed by atoms with Gasteiger partial charge in [-0.05, 0) is 38.5 Å². The van der Waals surface area contributed by atoms with Gasteiger partial charge in [-0.1, -0.05) is 12.1 Å². The van der Waals surface area contributed by atoms with Crippen molar-refractivity contribution in [3.63, 3.8) is 0 Å². The summed E-state index contributed by atoms with van der Waals surface area (Å²) in [5.74, 6) is 0.759. The molecule has 6 heteroatoms. The second-order valence-electron chi connectivity index (χ2n) is 6.13. The van der Waals surface area contributed by atoms with Crippen LogP contribution in [0.25, 0.3) is 0 Å². The maximum absolute atomic E-state index is 12.3. The largest absolute Gasteiger partial charge is 0.383 e. The van der Waals surface area contributed by atoms with Crippen LogP contribution in [0, 0.1) is 0 Å². The molecule has 0 aliphatic heterocycles. The van der Waals surface area contributed by atoms with E-state index < -0.39 is 0 Å². The van der Waals surface area contributed by atoms with E-state index in [1.54, 1.807) is 19.1 Å². The minimum absolute atomic E-state index is 0.0374. The van der Waals surface area contributed by atoms with Gasteiger partial charge in [-0.15, -0.1) is 0 Å². The number of amides is 1. The Bertz CT molecular complexity index is 540. The quantitative estimate of drug-likeness (QED) is 0.590. The summed E-state index contributed by atoms with van der Waals surface area (Å²) < 4.78 is 5.10. The SMILES string of the molecule is CN=C(NCc1ccc(C(=O)N(C)C(C)C)cc1)N[C@@H](C)COC. The fraction of sp³-hybridized carbons (Fsp3) is 0.556. The number of methoxy groups -OCH3 is 1. The number of ether oxygens (including phenoxy) is 1. The Kier molecular flexibility index (Phi) is 8.26. The average molecular weight is 334 g/mol. The van der Waals surface area contributed by atoms with Crippen LogP contribution in [0.1, 0.15) is 36.7 Å². The van der Waals surface area contributed by atoms with Gasteiger partial charge in [-0.3, -0.25) is 9.79 Å². The van der Waals surface area contributed by atoms with Crippen LogP contribution in [-0.2, 0) is 11.3 Å². The van der Waals surface area contributed by atoms with Crippen molar-refractivity contribution in [2.24, 2.45) is 4.99 Å². The summed E-state index contributed by atoms with van der Waals surface area (Å²) in [4.78, 5) is 18.2. The number of nitrogens with zero attached hydrogens (tertiary/aromatic N) is 2. The van der Waals surface area contributed by atoms with E-state index in [9.17, 15) is 4.79 Å². The Morgan fingerprint density at radius 2 is 1.88 bits per heavy atom. The third-order valence-corrected chi connectivity index (χ3v) is 3.78. The van der Waals surface area contributed by atoms with E-state index in [-0.39, 0.29) is 18.0 Å². The first-order chi connectivity index (χ1) is 11.4. The number of carbonyl (C=O) groups is 1. The second kappa shape index (κ2) is 9.93. The molecule has 0 aromatic heterocycles. The van der Waals surface area contributed by atoms with Gasteiger partial charge in [0.1, 0.15) is 0 Å². The maximum Gasteiger partial charge on any atom is 0.253 e. The summed E-state index contributed by atoms with van der Waals surface area (Å²) in [5, 5.41) is 6.50. The van der Waals surface area contributed by atoms with E-state index in [1.165, 1.54) is 0 Å². The van der Waals surface area contributed by atoms with Crippen molar-refractivity contribution >= 4 is 11.9 Å². The molecule has 0 spiro atoms. The van der Waals surface area contributed by atoms with E-state index >= 15 is 0 Å². The Morgan fingerprint density at radius 1 is 1.25 bits per heavy atom. The van der Waals surface area contributed by atoms with E-state index in [0.29, 0.717) is 18.7 Å². The first-order valence-corrected chi connectivity index (χ1v) is 8.21. The summed E-state index contributed by atoms with van der Waals surface area (Å²) in [6, 6.07) is 8.00. The number of nitrogens with one attached hydrogen (secondary N) is 2. The predicted octanol–water partition coefficient (Wildman–Crippen LogP) is 1.87. The standard InChI is InChI=1S/C18H30N4O2/c1-13(2)22(5)17(23)16-9-7-15(8-10-16)11-20-18(19-4)21-14(3)12-24-6/h7-10,13-14H,11-12H2,1-6H3,(H2,19,20,21)/t14-/m0/s1. The van der Waals surface area contributed by atoms with Gasteiger partial charge >= 0.3 is 0 Å². The molecule has 1 amide bonds. The van der Waals surface area contributed by atoms with Gasteiger partial charge in [0.25, 0.3) is 5.91 Å². The summed E-state index contributed by atoms with van der Waals surface area (Å²) in [7, 11) is 5.23. The normalized spacial score (nSPS) is 12.9. The van der Waals surface area contributed by atoms with E-state index in [1.807, 2.05) is 52.1 Å². The Labute approximate surface area is 145 Å². The lowest BCUT2D eigenvalue weighted by Gasteiger charge is -2.21. The van der Waals surface area contributed by atoms with Gasteiger partial charge in [0.15, 0.2) is 5.96 Å². The van der Waals surface area contributed by atoms with Crippen LogP contribution < -0.4 is 10.6 Å². The zero-order valence-corrected chi connectivity index (χ0v) is 15.6. The lowest BCUT2D eigenvalue weighted by Crippen LogP contribution is -2.43. The summed E-state index contributed by atoms with van der Waals surface area (Å²) in [6.07, 6.45) is 0. The monoisotopic (exact) mass is 334 g/mol. The number of guanidine groups is 1. The second-order valence-corrected chi connectivity index (χ2v) is 6.13. The Balaban J connectivity index is 2.59. The van der Waals surface area contributed by atoms with Gasteiger partial charge in [0, 0.05) is 45.4 Å². The predicted molar refractivity (Wildman–Crippen MR) is 98.3 cm³/mol. The molecule has 2 N–H and O–H groups in total. The molecule has 1 aromatic carbocycles. The highest BCUT2D eigenvalue weighted by atomic mass is 16.5. The van der Waals surface area contributed by atoms with Crippen molar-refractivity contribution in [2.45, 2.75) is 39.4 Å². The molecule has 0 unspecified atom stereocenters. The fourth-order valence-corrected chi connectivity index (χ4v) is 2.11. The molecule has 24 heavy (non-hydrogen) atoms. The minimum Gasteiger partial charge on any atom is -0.383 e. The Hall–Kier alpha value is -2.08. The number of hydrogen-bond donors (Lipinski definition) is 2. The molecular weight excluding hydrogens is 304 g/mol. The molecule has 134 valence electrons. The summed E-state index contributed by atoms with van der Waals surface area (Å²) >= 11 is 0. The van der Waals surface area contributed by atoms with E-state index in [4.69, 9.17) is 4.74 Å². The fourth-order valence-electron chi connectivity index (χ4n) is 2.11. The van der Waals surface area contributed by atoms with Gasteiger partial charge < -0.3 is 20.3 Å². The molecule has 1 atom stereocenters. The number of hydrogen-bond acceptors (Lipinski definition) is 3. The highest BCUT2D eigenvalue weighted by molar-refractivity contribution is 5.94. The molecule has 0 saturated carbocycles. The van der Waals surface area contributed by atoms with Crippen LogP contribution in [0.2, 0.25) is 0 Å². The lowest BCUT2D eigenvalue weighted by atomic mass is 10.1. The van der Waals surface area contributed by atoms with Crippen LogP contribution in [0.5, 0.6) is 0 Å². The molecular formula is C18H30N4O2. The molecule has 0 fully saturated rings.